The maximum atomic E-state index is 5.19. The molecule has 1 aromatic heterocycles. The van der Waals surface area contributed by atoms with Crippen LogP contribution in [-0.4, -0.2) is 23.9 Å². The molecule has 4 heteroatoms. The molecule has 1 aromatic carbocycles. The molecule has 0 aliphatic rings. The van der Waals surface area contributed by atoms with E-state index in [4.69, 9.17) is 4.74 Å². The molecule has 102 valence electrons. The van der Waals surface area contributed by atoms with Crippen LogP contribution in [-0.2, 0) is 0 Å². The van der Waals surface area contributed by atoms with E-state index in [2.05, 4.69) is 41.5 Å². The average molecular weight is 259 g/mol. The molecule has 0 saturated carbocycles. The molecule has 2 aromatic rings. The zero-order valence-corrected chi connectivity index (χ0v) is 11.9. The molecule has 0 unspecified atom stereocenters. The number of rotatable bonds is 5. The van der Waals surface area contributed by atoms with Crippen molar-refractivity contribution in [3.8, 4) is 16.9 Å². The van der Waals surface area contributed by atoms with Crippen LogP contribution in [0.1, 0.15) is 19.5 Å². The molecule has 2 rings (SSSR count). The maximum absolute atomic E-state index is 5.19. The second-order valence-electron chi connectivity index (χ2n) is 5.08. The summed E-state index contributed by atoms with van der Waals surface area (Å²) in [6.45, 7) is 7.31. The number of methoxy groups -OCH3 is 1. The number of hydrogen-bond acceptors (Lipinski definition) is 3. The van der Waals surface area contributed by atoms with Crippen molar-refractivity contribution in [1.29, 1.82) is 0 Å². The van der Waals surface area contributed by atoms with Crippen molar-refractivity contribution >= 4 is 5.82 Å². The van der Waals surface area contributed by atoms with Crippen LogP contribution in [0.25, 0.3) is 11.1 Å². The molecule has 0 spiro atoms. The molecule has 0 aliphatic heterocycles. The van der Waals surface area contributed by atoms with Gasteiger partial charge >= 0.3 is 0 Å². The Balaban J connectivity index is 2.29. The van der Waals surface area contributed by atoms with Crippen LogP contribution in [0.15, 0.2) is 24.3 Å². The third kappa shape index (κ3) is 3.08. The molecular formula is C15H21N3O. The van der Waals surface area contributed by atoms with Crippen LogP contribution in [0, 0.1) is 12.8 Å². The van der Waals surface area contributed by atoms with Crippen molar-refractivity contribution in [2.45, 2.75) is 20.8 Å². The Bertz CT molecular complexity index is 529. The topological polar surface area (TPSA) is 49.9 Å². The largest absolute Gasteiger partial charge is 0.497 e. The maximum Gasteiger partial charge on any atom is 0.155 e. The summed E-state index contributed by atoms with van der Waals surface area (Å²) in [5.41, 5.74) is 3.33. The van der Waals surface area contributed by atoms with Crippen molar-refractivity contribution < 1.29 is 4.74 Å². The van der Waals surface area contributed by atoms with Crippen LogP contribution in [0.2, 0.25) is 0 Å². The van der Waals surface area contributed by atoms with Crippen molar-refractivity contribution in [3.05, 3.63) is 30.0 Å². The van der Waals surface area contributed by atoms with Gasteiger partial charge in [-0.2, -0.15) is 5.10 Å². The summed E-state index contributed by atoms with van der Waals surface area (Å²) in [4.78, 5) is 0. The van der Waals surface area contributed by atoms with E-state index >= 15 is 0 Å². The summed E-state index contributed by atoms with van der Waals surface area (Å²) < 4.78 is 5.19. The fourth-order valence-corrected chi connectivity index (χ4v) is 1.97. The number of nitrogens with one attached hydrogen (secondary N) is 2. The number of anilines is 1. The summed E-state index contributed by atoms with van der Waals surface area (Å²) in [6.07, 6.45) is 0. The minimum absolute atomic E-state index is 0.584. The second-order valence-corrected chi connectivity index (χ2v) is 5.08. The van der Waals surface area contributed by atoms with Crippen LogP contribution in [0.3, 0.4) is 0 Å². The molecule has 0 amide bonds. The number of nitrogens with zero attached hydrogens (tertiary/aromatic N) is 1. The zero-order valence-electron chi connectivity index (χ0n) is 11.9. The first-order valence-electron chi connectivity index (χ1n) is 6.55. The highest BCUT2D eigenvalue weighted by molar-refractivity contribution is 5.77. The van der Waals surface area contributed by atoms with Gasteiger partial charge in [0.15, 0.2) is 5.82 Å². The van der Waals surface area contributed by atoms with E-state index in [1.807, 2.05) is 19.1 Å². The molecule has 0 atom stereocenters. The van der Waals surface area contributed by atoms with Crippen LogP contribution < -0.4 is 10.1 Å². The molecule has 4 nitrogen and oxygen atoms in total. The Kier molecular flexibility index (Phi) is 4.10. The van der Waals surface area contributed by atoms with Crippen molar-refractivity contribution in [3.63, 3.8) is 0 Å². The van der Waals surface area contributed by atoms with Gasteiger partial charge in [-0.25, -0.2) is 0 Å². The highest BCUT2D eigenvalue weighted by Crippen LogP contribution is 2.30. The van der Waals surface area contributed by atoms with E-state index < -0.39 is 0 Å². The van der Waals surface area contributed by atoms with Crippen molar-refractivity contribution in [2.24, 2.45) is 5.92 Å². The molecule has 0 bridgehead atoms. The smallest absolute Gasteiger partial charge is 0.155 e. The van der Waals surface area contributed by atoms with E-state index in [1.165, 1.54) is 0 Å². The van der Waals surface area contributed by atoms with E-state index in [0.29, 0.717) is 5.92 Å². The summed E-state index contributed by atoms with van der Waals surface area (Å²) in [5.74, 6) is 2.36. The molecule has 0 aliphatic carbocycles. The molecule has 0 radical (unpaired) electrons. The fourth-order valence-electron chi connectivity index (χ4n) is 1.97. The normalized spacial score (nSPS) is 10.8. The molecule has 2 N–H and O–H groups in total. The molecule has 19 heavy (non-hydrogen) atoms. The van der Waals surface area contributed by atoms with Gasteiger partial charge in [0.2, 0.25) is 0 Å². The van der Waals surface area contributed by atoms with Gasteiger partial charge in [-0.1, -0.05) is 26.0 Å². The molecule has 1 heterocycles. The summed E-state index contributed by atoms with van der Waals surface area (Å²) in [6, 6.07) is 8.04. The number of aromatic nitrogens is 2. The van der Waals surface area contributed by atoms with E-state index in [1.54, 1.807) is 7.11 Å². The van der Waals surface area contributed by atoms with Gasteiger partial charge in [0.05, 0.1) is 7.11 Å². The van der Waals surface area contributed by atoms with Gasteiger partial charge in [-0.15, -0.1) is 0 Å². The number of benzene rings is 1. The average Bonchev–Trinajstić information content (AvgIpc) is 2.78. The highest BCUT2D eigenvalue weighted by Gasteiger charge is 2.12. The van der Waals surface area contributed by atoms with Gasteiger partial charge in [0, 0.05) is 17.8 Å². The third-order valence-corrected chi connectivity index (χ3v) is 3.00. The quantitative estimate of drug-likeness (QED) is 0.864. The first-order valence-corrected chi connectivity index (χ1v) is 6.55. The molecular weight excluding hydrogens is 238 g/mol. The van der Waals surface area contributed by atoms with Crippen LogP contribution in [0.4, 0.5) is 5.82 Å². The van der Waals surface area contributed by atoms with E-state index in [9.17, 15) is 0 Å². The number of aryl methyl sites for hydroxylation is 1. The minimum atomic E-state index is 0.584. The predicted octanol–water partition coefficient (Wildman–Crippen LogP) is 3.46. The number of hydrogen-bond donors (Lipinski definition) is 2. The van der Waals surface area contributed by atoms with Crippen LogP contribution >= 0.6 is 0 Å². The Hall–Kier alpha value is -1.97. The molecule has 0 saturated heterocycles. The summed E-state index contributed by atoms with van der Waals surface area (Å²) in [7, 11) is 1.67. The highest BCUT2D eigenvalue weighted by atomic mass is 16.5. The number of H-pyrrole nitrogens is 1. The Morgan fingerprint density at radius 1 is 1.26 bits per heavy atom. The second kappa shape index (κ2) is 5.78. The van der Waals surface area contributed by atoms with Gasteiger partial charge in [-0.05, 0) is 30.5 Å². The number of ether oxygens (including phenoxy) is 1. The fraction of sp³-hybridized carbons (Fsp3) is 0.400. The van der Waals surface area contributed by atoms with Crippen LogP contribution in [0.5, 0.6) is 5.75 Å². The van der Waals surface area contributed by atoms with Gasteiger partial charge < -0.3 is 10.1 Å². The molecule has 0 fully saturated rings. The monoisotopic (exact) mass is 259 g/mol. The lowest BCUT2D eigenvalue weighted by molar-refractivity contribution is 0.415. The Morgan fingerprint density at radius 3 is 2.53 bits per heavy atom. The number of aromatic amines is 1. The van der Waals surface area contributed by atoms with Crippen molar-refractivity contribution in [2.75, 3.05) is 19.0 Å². The van der Waals surface area contributed by atoms with Gasteiger partial charge in [-0.3, -0.25) is 5.10 Å². The first-order chi connectivity index (χ1) is 9.11. The van der Waals surface area contributed by atoms with E-state index in [0.717, 1.165) is 34.9 Å². The lowest BCUT2D eigenvalue weighted by atomic mass is 10.1. The zero-order chi connectivity index (χ0) is 13.8. The SMILES string of the molecule is COc1ccc(-c2c(NCC(C)C)n[nH]c2C)cc1. The van der Waals surface area contributed by atoms with Gasteiger partial charge in [0.25, 0.3) is 0 Å². The van der Waals surface area contributed by atoms with Crippen molar-refractivity contribution in [1.82, 2.24) is 10.2 Å². The predicted molar refractivity (Wildman–Crippen MR) is 78.6 cm³/mol. The lowest BCUT2D eigenvalue weighted by Gasteiger charge is -2.09. The van der Waals surface area contributed by atoms with Gasteiger partial charge in [0.1, 0.15) is 5.75 Å². The minimum Gasteiger partial charge on any atom is -0.497 e. The standard InChI is InChI=1S/C15H21N3O/c1-10(2)9-16-15-14(11(3)17-18-15)12-5-7-13(19-4)8-6-12/h5-8,10H,9H2,1-4H3,(H2,16,17,18). The summed E-state index contributed by atoms with van der Waals surface area (Å²) in [5, 5.41) is 10.8. The third-order valence-electron chi connectivity index (χ3n) is 3.00. The lowest BCUT2D eigenvalue weighted by Crippen LogP contribution is -2.08. The first kappa shape index (κ1) is 13.5. The Labute approximate surface area is 114 Å². The Morgan fingerprint density at radius 2 is 1.95 bits per heavy atom. The summed E-state index contributed by atoms with van der Waals surface area (Å²) >= 11 is 0. The van der Waals surface area contributed by atoms with E-state index in [-0.39, 0.29) is 0 Å².